The van der Waals surface area contributed by atoms with Crippen molar-refractivity contribution in [3.63, 3.8) is 0 Å². The van der Waals surface area contributed by atoms with Crippen LogP contribution in [0.5, 0.6) is 0 Å². The fourth-order valence-corrected chi connectivity index (χ4v) is 2.94. The molecule has 0 rings (SSSR count). The summed E-state index contributed by atoms with van der Waals surface area (Å²) >= 11 is 9.32. The standard InChI is InChI=1S/C2HI5O3S/c3-1(4,5)2(6,7)11(8,9)10/h(H,8,9,10). The van der Waals surface area contributed by atoms with Gasteiger partial charge in [-0.1, -0.05) is 67.8 Å². The van der Waals surface area contributed by atoms with Crippen molar-refractivity contribution in [1.82, 2.24) is 0 Å². The van der Waals surface area contributed by atoms with Gasteiger partial charge in [0.05, 0.1) is 0 Å². The summed E-state index contributed by atoms with van der Waals surface area (Å²) in [7, 11) is -4.01. The quantitative estimate of drug-likeness (QED) is 0.269. The van der Waals surface area contributed by atoms with Crippen LogP contribution in [0.25, 0.3) is 0 Å². The van der Waals surface area contributed by atoms with Crippen LogP contribution in [0.2, 0.25) is 0 Å². The fraction of sp³-hybridized carbons (Fsp3) is 1.00. The molecular formula is C2HI5O3S. The third-order valence-corrected chi connectivity index (χ3v) is 16.3. The minimum Gasteiger partial charge on any atom is -0.284 e. The fourth-order valence-electron chi connectivity index (χ4n) is 0.146. The lowest BCUT2D eigenvalue weighted by Gasteiger charge is -2.26. The van der Waals surface area contributed by atoms with E-state index in [4.69, 9.17) is 4.55 Å². The van der Waals surface area contributed by atoms with Gasteiger partial charge in [-0.25, -0.2) is 0 Å². The Balaban J connectivity index is 5.08. The van der Waals surface area contributed by atoms with Crippen LogP contribution in [0.1, 0.15) is 0 Å². The highest BCUT2D eigenvalue weighted by Gasteiger charge is 2.52. The molecule has 1 N–H and O–H groups in total. The molecule has 0 unspecified atom stereocenters. The van der Waals surface area contributed by atoms with Crippen LogP contribution in [0, 0.1) is 0 Å². The Morgan fingerprint density at radius 1 is 1.00 bits per heavy atom. The SMILES string of the molecule is O=S(=O)(O)C(I)(I)C(I)(I)I. The molecule has 0 fully saturated rings. The Morgan fingerprint density at radius 2 is 1.27 bits per heavy atom. The van der Waals surface area contributed by atoms with E-state index in [1.165, 1.54) is 0 Å². The molecule has 0 radical (unpaired) electrons. The van der Waals surface area contributed by atoms with Crippen LogP contribution in [0.15, 0.2) is 0 Å². The number of hydrogen-bond acceptors (Lipinski definition) is 2. The van der Waals surface area contributed by atoms with Gasteiger partial charge in [0.2, 0.25) is 0.760 Å². The molecule has 0 bridgehead atoms. The first-order valence-electron chi connectivity index (χ1n) is 1.91. The summed E-state index contributed by atoms with van der Waals surface area (Å²) in [6, 6.07) is 0. The highest BCUT2D eigenvalue weighted by molar-refractivity contribution is 14.3. The molecule has 0 amide bonds. The van der Waals surface area contributed by atoms with Crippen LogP contribution >= 0.6 is 113 Å². The highest BCUT2D eigenvalue weighted by atomic mass is 127. The molecule has 68 valence electrons. The van der Waals surface area contributed by atoms with Gasteiger partial charge in [0.25, 0.3) is 10.1 Å². The predicted molar refractivity (Wildman–Crippen MR) is 87.1 cm³/mol. The lowest BCUT2D eigenvalue weighted by Crippen LogP contribution is -2.36. The maximum absolute atomic E-state index is 10.8. The van der Waals surface area contributed by atoms with Gasteiger partial charge in [-0.15, -0.1) is 0 Å². The first-order valence-corrected chi connectivity index (χ1v) is 8.75. The maximum Gasteiger partial charge on any atom is 0.292 e. The molecule has 0 aliphatic carbocycles. The Hall–Kier alpha value is 3.56. The Kier molecular flexibility index (Phi) is 6.09. The van der Waals surface area contributed by atoms with Gasteiger partial charge >= 0.3 is 0 Å². The molecule has 0 heterocycles. The van der Waals surface area contributed by atoms with Gasteiger partial charge in [-0.05, 0) is 45.2 Å². The van der Waals surface area contributed by atoms with Crippen molar-refractivity contribution in [2.75, 3.05) is 0 Å². The molecule has 0 aromatic rings. The molecule has 0 aliphatic heterocycles. The first kappa shape index (κ1) is 14.6. The summed E-state index contributed by atoms with van der Waals surface area (Å²) in [5, 5.41) is 0. The summed E-state index contributed by atoms with van der Waals surface area (Å²) in [4.78, 5) is 0. The zero-order chi connectivity index (χ0) is 9.50. The molecule has 11 heavy (non-hydrogen) atoms. The van der Waals surface area contributed by atoms with E-state index in [0.717, 1.165) is 0 Å². The summed E-state index contributed by atoms with van der Waals surface area (Å²) < 4.78 is 28.7. The van der Waals surface area contributed by atoms with Crippen LogP contribution in [0.4, 0.5) is 0 Å². The van der Waals surface area contributed by atoms with E-state index in [1.54, 1.807) is 45.2 Å². The molecule has 0 atom stereocenters. The molecule has 0 spiro atoms. The minimum absolute atomic E-state index is 0.574. The van der Waals surface area contributed by atoms with E-state index in [1.807, 2.05) is 67.8 Å². The monoisotopic (exact) mass is 739 g/mol. The second kappa shape index (κ2) is 4.60. The average molecular weight is 740 g/mol. The van der Waals surface area contributed by atoms with Crippen LogP contribution < -0.4 is 0 Å². The first-order chi connectivity index (χ1) is 4.50. The average Bonchev–Trinajstić information content (AvgIpc) is 1.58. The van der Waals surface area contributed by atoms with Gasteiger partial charge < -0.3 is 0 Å². The maximum atomic E-state index is 10.8. The van der Waals surface area contributed by atoms with E-state index in [9.17, 15) is 8.42 Å². The van der Waals surface area contributed by atoms with Gasteiger partial charge in [-0.2, -0.15) is 8.42 Å². The molecule has 0 aromatic carbocycles. The number of alkyl halides is 5. The van der Waals surface area contributed by atoms with E-state index in [0.29, 0.717) is 0 Å². The van der Waals surface area contributed by atoms with Crippen molar-refractivity contribution in [3.8, 4) is 0 Å². The van der Waals surface area contributed by atoms with Crippen LogP contribution in [-0.2, 0) is 10.1 Å². The lowest BCUT2D eigenvalue weighted by molar-refractivity contribution is 0.482. The summed E-state index contributed by atoms with van der Waals surface area (Å²) in [6.45, 7) is 0. The topological polar surface area (TPSA) is 54.4 Å². The molecule has 9 heteroatoms. The van der Waals surface area contributed by atoms with Gasteiger partial charge in [0.1, 0.15) is 0 Å². The number of rotatable bonds is 2. The zero-order valence-electron chi connectivity index (χ0n) is 4.56. The summed E-state index contributed by atoms with van der Waals surface area (Å²) in [5.41, 5.74) is 0. The largest absolute Gasteiger partial charge is 0.292 e. The number of halogens is 5. The number of hydrogen-bond donors (Lipinski definition) is 1. The van der Waals surface area contributed by atoms with Crippen molar-refractivity contribution < 1.29 is 13.0 Å². The minimum atomic E-state index is -4.01. The van der Waals surface area contributed by atoms with Crippen LogP contribution in [-0.4, -0.2) is 13.2 Å². The molecular weight excluding hydrogens is 739 g/mol. The molecule has 0 saturated heterocycles. The normalized spacial score (nSPS) is 15.1. The summed E-state index contributed by atoms with van der Waals surface area (Å²) in [5.74, 6) is 0. The van der Waals surface area contributed by atoms with Gasteiger partial charge in [0.15, 0.2) is -0.565 Å². The van der Waals surface area contributed by atoms with Crippen molar-refractivity contribution >= 4 is 123 Å². The van der Waals surface area contributed by atoms with E-state index in [2.05, 4.69) is 0 Å². The smallest absolute Gasteiger partial charge is 0.284 e. The third-order valence-electron chi connectivity index (χ3n) is 0.654. The highest BCUT2D eigenvalue weighted by Crippen LogP contribution is 2.56. The van der Waals surface area contributed by atoms with Gasteiger partial charge in [0, 0.05) is 0 Å². The van der Waals surface area contributed by atoms with E-state index < -0.39 is 10.3 Å². The molecule has 0 saturated carbocycles. The van der Waals surface area contributed by atoms with Crippen molar-refractivity contribution in [2.24, 2.45) is 0 Å². The lowest BCUT2D eigenvalue weighted by atomic mass is 11.0. The Morgan fingerprint density at radius 3 is 1.27 bits per heavy atom. The van der Waals surface area contributed by atoms with Crippen LogP contribution in [0.3, 0.4) is 0 Å². The molecule has 0 aromatic heterocycles. The predicted octanol–water partition coefficient (Wildman–Crippen LogP) is 3.36. The van der Waals surface area contributed by atoms with Crippen molar-refractivity contribution in [3.05, 3.63) is 0 Å². The molecule has 0 aliphatic rings. The zero-order valence-corrected chi connectivity index (χ0v) is 16.2. The Bertz CT molecular complexity index is 237. The third kappa shape index (κ3) is 3.90. The van der Waals surface area contributed by atoms with Gasteiger partial charge in [-0.3, -0.25) is 4.55 Å². The van der Waals surface area contributed by atoms with E-state index >= 15 is 0 Å². The summed E-state index contributed by atoms with van der Waals surface area (Å²) in [6.07, 6.45) is 0. The second-order valence-electron chi connectivity index (χ2n) is 1.49. The second-order valence-corrected chi connectivity index (χ2v) is 20.9. The van der Waals surface area contributed by atoms with E-state index in [-0.39, 0.29) is 0 Å². The molecule has 3 nitrogen and oxygen atoms in total. The van der Waals surface area contributed by atoms with Crippen molar-refractivity contribution in [2.45, 2.75) is 0.196 Å². The van der Waals surface area contributed by atoms with Crippen molar-refractivity contribution in [1.29, 1.82) is 0 Å². The Labute approximate surface area is 133 Å².